The molecule has 2 aromatic rings. The number of hydrogen-bond acceptors (Lipinski definition) is 4. The number of nitrogens with one attached hydrogen (secondary N) is 1. The molecule has 2 atom stereocenters. The van der Waals surface area contributed by atoms with E-state index >= 15 is 0 Å². The highest BCUT2D eigenvalue weighted by molar-refractivity contribution is 6.62. The number of carbonyl (C=O) groups is 1. The molecule has 0 unspecified atom stereocenters. The topological polar surface area (TPSA) is 38.8 Å². The van der Waals surface area contributed by atoms with E-state index in [1.807, 2.05) is 26.8 Å². The minimum absolute atomic E-state index is 0.0911. The molecule has 0 radical (unpaired) electrons. The van der Waals surface area contributed by atoms with Crippen LogP contribution >= 0.6 is 11.6 Å². The second-order valence-corrected chi connectivity index (χ2v) is 10.2. The van der Waals surface area contributed by atoms with Crippen LogP contribution in [0.2, 0.25) is 0 Å². The smallest absolute Gasteiger partial charge is 0.316 e. The van der Waals surface area contributed by atoms with E-state index in [0.717, 1.165) is 61.5 Å². The molecule has 192 valence electrons. The van der Waals surface area contributed by atoms with Crippen molar-refractivity contribution in [3.63, 3.8) is 0 Å². The van der Waals surface area contributed by atoms with Gasteiger partial charge in [-0.05, 0) is 85.8 Å². The Bertz CT molecular complexity index is 965. The number of nitrogens with zero attached hydrogens (tertiary/aromatic N) is 3. The van der Waals surface area contributed by atoms with Crippen molar-refractivity contribution >= 4 is 17.0 Å². The highest BCUT2D eigenvalue weighted by Crippen LogP contribution is 2.16. The van der Waals surface area contributed by atoms with Crippen LogP contribution in [0, 0.1) is 25.5 Å². The summed E-state index contributed by atoms with van der Waals surface area (Å²) in [4.78, 5) is 17.4. The Balaban J connectivity index is 0.000000198. The molecule has 35 heavy (non-hydrogen) atoms. The number of hydrogen-bond donors (Lipinski definition) is 1. The molecule has 2 aliphatic heterocycles. The van der Waals surface area contributed by atoms with Crippen molar-refractivity contribution < 1.29 is 13.6 Å². The minimum Gasteiger partial charge on any atom is -0.324 e. The third kappa shape index (κ3) is 8.83. The van der Waals surface area contributed by atoms with Crippen LogP contribution in [0.15, 0.2) is 36.4 Å². The van der Waals surface area contributed by atoms with Crippen LogP contribution in [0.4, 0.5) is 13.6 Å². The monoisotopic (exact) mass is 506 g/mol. The first-order valence-electron chi connectivity index (χ1n) is 12.3. The van der Waals surface area contributed by atoms with Gasteiger partial charge in [0.1, 0.15) is 11.6 Å². The lowest BCUT2D eigenvalue weighted by atomic mass is 10.1. The van der Waals surface area contributed by atoms with Gasteiger partial charge < -0.3 is 10.2 Å². The molecule has 2 saturated heterocycles. The van der Waals surface area contributed by atoms with E-state index in [1.165, 1.54) is 6.07 Å². The number of amides is 1. The van der Waals surface area contributed by atoms with Crippen LogP contribution < -0.4 is 5.32 Å². The molecule has 8 heteroatoms. The average molecular weight is 507 g/mol. The maximum absolute atomic E-state index is 13.3. The molecule has 2 fully saturated rings. The Morgan fingerprint density at radius 1 is 0.886 bits per heavy atom. The van der Waals surface area contributed by atoms with Gasteiger partial charge in [0.15, 0.2) is 0 Å². The molecular formula is C27H37ClF2N4O. The summed E-state index contributed by atoms with van der Waals surface area (Å²) in [6, 6.07) is 11.0. The van der Waals surface area contributed by atoms with Gasteiger partial charge in [-0.2, -0.15) is 0 Å². The van der Waals surface area contributed by atoms with Crippen LogP contribution in [0.1, 0.15) is 36.1 Å². The largest absolute Gasteiger partial charge is 0.324 e. The molecule has 5 nitrogen and oxygen atoms in total. The van der Waals surface area contributed by atoms with Crippen molar-refractivity contribution in [2.75, 3.05) is 39.3 Å². The van der Waals surface area contributed by atoms with Crippen LogP contribution in [0.3, 0.4) is 0 Å². The van der Waals surface area contributed by atoms with Crippen molar-refractivity contribution in [3.8, 4) is 0 Å². The number of benzene rings is 2. The number of aryl methyl sites for hydroxylation is 2. The maximum Gasteiger partial charge on any atom is 0.316 e. The van der Waals surface area contributed by atoms with Gasteiger partial charge in [0.25, 0.3) is 0 Å². The van der Waals surface area contributed by atoms with Crippen LogP contribution in [-0.4, -0.2) is 71.4 Å². The van der Waals surface area contributed by atoms with Crippen LogP contribution in [0.25, 0.3) is 0 Å². The maximum atomic E-state index is 13.3. The SMILES string of the molecule is Cc1cc(F)cc(CN2CCN(C(=O)Cl)[C@H](C)C2)c1.Cc1cc(F)cc(CN2CCN[C@H](C)C2)c1. The molecule has 1 N–H and O–H groups in total. The van der Waals surface area contributed by atoms with Gasteiger partial charge in [0.2, 0.25) is 0 Å². The molecule has 0 aromatic heterocycles. The molecule has 2 heterocycles. The Morgan fingerprint density at radius 2 is 1.43 bits per heavy atom. The third-order valence-electron chi connectivity index (χ3n) is 6.41. The van der Waals surface area contributed by atoms with E-state index < -0.39 is 5.37 Å². The van der Waals surface area contributed by atoms with Gasteiger partial charge in [-0.3, -0.25) is 14.6 Å². The molecule has 2 aliphatic rings. The quantitative estimate of drug-likeness (QED) is 0.471. The number of carbonyl (C=O) groups excluding carboxylic acids is 1. The molecule has 0 aliphatic carbocycles. The van der Waals surface area contributed by atoms with E-state index in [9.17, 15) is 13.6 Å². The zero-order chi connectivity index (χ0) is 25.5. The van der Waals surface area contributed by atoms with Gasteiger partial charge in [0, 0.05) is 64.4 Å². The van der Waals surface area contributed by atoms with E-state index in [2.05, 4.69) is 28.1 Å². The fourth-order valence-electron chi connectivity index (χ4n) is 4.92. The summed E-state index contributed by atoms with van der Waals surface area (Å²) in [5, 5.41) is 3.01. The summed E-state index contributed by atoms with van der Waals surface area (Å²) in [5.74, 6) is -0.323. The minimum atomic E-state index is -0.395. The lowest BCUT2D eigenvalue weighted by Crippen LogP contribution is -2.52. The first kappa shape index (κ1) is 27.5. The summed E-state index contributed by atoms with van der Waals surface area (Å²) in [6.45, 7) is 14.8. The summed E-state index contributed by atoms with van der Waals surface area (Å²) in [7, 11) is 0. The summed E-state index contributed by atoms with van der Waals surface area (Å²) < 4.78 is 26.6. The van der Waals surface area contributed by atoms with Crippen LogP contribution in [-0.2, 0) is 13.1 Å². The highest BCUT2D eigenvalue weighted by atomic mass is 35.5. The second-order valence-electron chi connectivity index (χ2n) is 9.89. The molecule has 2 aromatic carbocycles. The van der Waals surface area contributed by atoms with Crippen molar-refractivity contribution in [2.45, 2.75) is 52.9 Å². The lowest BCUT2D eigenvalue weighted by Gasteiger charge is -2.38. The van der Waals surface area contributed by atoms with Gasteiger partial charge in [0.05, 0.1) is 0 Å². The van der Waals surface area contributed by atoms with Gasteiger partial charge >= 0.3 is 5.37 Å². The molecule has 0 spiro atoms. The normalized spacial score (nSPS) is 21.4. The molecule has 1 amide bonds. The van der Waals surface area contributed by atoms with E-state index in [1.54, 1.807) is 23.1 Å². The predicted molar refractivity (Wildman–Crippen MR) is 138 cm³/mol. The fourth-order valence-corrected chi connectivity index (χ4v) is 5.17. The van der Waals surface area contributed by atoms with E-state index in [-0.39, 0.29) is 17.7 Å². The van der Waals surface area contributed by atoms with Crippen molar-refractivity contribution in [3.05, 3.63) is 70.3 Å². The first-order chi connectivity index (χ1) is 16.6. The van der Waals surface area contributed by atoms with Gasteiger partial charge in [-0.25, -0.2) is 8.78 Å². The van der Waals surface area contributed by atoms with E-state index in [4.69, 9.17) is 11.6 Å². The Hall–Kier alpha value is -2.06. The molecule has 0 saturated carbocycles. The van der Waals surface area contributed by atoms with Gasteiger partial charge in [-0.1, -0.05) is 12.1 Å². The highest BCUT2D eigenvalue weighted by Gasteiger charge is 2.26. The summed E-state index contributed by atoms with van der Waals surface area (Å²) >= 11 is 5.52. The molecule has 4 rings (SSSR count). The Kier molecular flexibility index (Phi) is 10.0. The number of piperazine rings is 2. The molecule has 0 bridgehead atoms. The number of rotatable bonds is 4. The summed E-state index contributed by atoms with van der Waals surface area (Å²) in [6.07, 6.45) is 0. The summed E-state index contributed by atoms with van der Waals surface area (Å²) in [5.41, 5.74) is 3.97. The fraction of sp³-hybridized carbons (Fsp3) is 0.519. The van der Waals surface area contributed by atoms with Crippen LogP contribution in [0.5, 0.6) is 0 Å². The molecular weight excluding hydrogens is 470 g/mol. The Labute approximate surface area is 213 Å². The van der Waals surface area contributed by atoms with Crippen molar-refractivity contribution in [2.24, 2.45) is 0 Å². The average Bonchev–Trinajstić information content (AvgIpc) is 2.72. The Morgan fingerprint density at radius 3 is 1.89 bits per heavy atom. The predicted octanol–water partition coefficient (Wildman–Crippen LogP) is 4.93. The standard InChI is InChI=1S/C14H18ClFN2O.C13H19FN2/c1-10-5-12(7-13(16)6-10)9-17-3-4-18(14(15)19)11(2)8-17;1-10-5-12(7-13(14)6-10)9-16-4-3-15-11(2)8-16/h5-7,11H,3-4,8-9H2,1-2H3;5-7,11,15H,3-4,8-9H2,1-2H3/t2*11-/m11/s1. The van der Waals surface area contributed by atoms with Crippen molar-refractivity contribution in [1.29, 1.82) is 0 Å². The lowest BCUT2D eigenvalue weighted by molar-refractivity contribution is 0.109. The van der Waals surface area contributed by atoms with Crippen molar-refractivity contribution in [1.82, 2.24) is 20.0 Å². The van der Waals surface area contributed by atoms with Gasteiger partial charge in [-0.15, -0.1) is 0 Å². The second kappa shape index (κ2) is 12.8. The number of halogens is 3. The zero-order valence-electron chi connectivity index (χ0n) is 21.2. The van der Waals surface area contributed by atoms with E-state index in [0.29, 0.717) is 19.1 Å². The first-order valence-corrected chi connectivity index (χ1v) is 12.6. The third-order valence-corrected chi connectivity index (χ3v) is 6.62. The zero-order valence-corrected chi connectivity index (χ0v) is 21.9.